The largest absolute Gasteiger partial charge is 0.352 e. The van der Waals surface area contributed by atoms with Crippen molar-refractivity contribution in [1.29, 1.82) is 0 Å². The highest BCUT2D eigenvalue weighted by atomic mass is 79.9. The Kier molecular flexibility index (Phi) is 3.48. The monoisotopic (exact) mass is 241 g/mol. The maximum Gasteiger partial charge on any atom is 0.251 e. The van der Waals surface area contributed by atoms with Gasteiger partial charge in [-0.05, 0) is 37.6 Å². The first-order chi connectivity index (χ1) is 6.15. The summed E-state index contributed by atoms with van der Waals surface area (Å²) < 4.78 is 0.998. The smallest absolute Gasteiger partial charge is 0.251 e. The topological polar surface area (TPSA) is 29.1 Å². The van der Waals surface area contributed by atoms with E-state index in [9.17, 15) is 4.79 Å². The van der Waals surface area contributed by atoms with Crippen LogP contribution in [0.5, 0.6) is 0 Å². The van der Waals surface area contributed by atoms with E-state index < -0.39 is 0 Å². The SMILES string of the molecule is CCNC(=O)c1ccc(Br)cc1C. The van der Waals surface area contributed by atoms with Crippen LogP contribution in [-0.2, 0) is 0 Å². The fourth-order valence-electron chi connectivity index (χ4n) is 1.14. The molecule has 3 heteroatoms. The first kappa shape index (κ1) is 10.3. The molecule has 0 atom stereocenters. The fraction of sp³-hybridized carbons (Fsp3) is 0.300. The van der Waals surface area contributed by atoms with Gasteiger partial charge in [0.1, 0.15) is 0 Å². The third kappa shape index (κ3) is 2.56. The Bertz CT molecular complexity index is 323. The predicted octanol–water partition coefficient (Wildman–Crippen LogP) is 2.51. The van der Waals surface area contributed by atoms with Crippen LogP contribution in [0.2, 0.25) is 0 Å². The van der Waals surface area contributed by atoms with Crippen molar-refractivity contribution in [2.24, 2.45) is 0 Å². The molecule has 13 heavy (non-hydrogen) atoms. The lowest BCUT2D eigenvalue weighted by molar-refractivity contribution is 0.0955. The van der Waals surface area contributed by atoms with E-state index in [-0.39, 0.29) is 5.91 Å². The summed E-state index contributed by atoms with van der Waals surface area (Å²) in [5, 5.41) is 2.77. The average Bonchev–Trinajstić information content (AvgIpc) is 2.04. The standard InChI is InChI=1S/C10H12BrNO/c1-3-12-10(13)9-5-4-8(11)6-7(9)2/h4-6H,3H2,1-2H3,(H,12,13). The number of amides is 1. The lowest BCUT2D eigenvalue weighted by atomic mass is 10.1. The van der Waals surface area contributed by atoms with Gasteiger partial charge in [-0.3, -0.25) is 4.79 Å². The average molecular weight is 242 g/mol. The summed E-state index contributed by atoms with van der Waals surface area (Å²) in [6, 6.07) is 5.63. The van der Waals surface area contributed by atoms with Crippen LogP contribution in [0.15, 0.2) is 22.7 Å². The maximum atomic E-state index is 11.5. The molecule has 0 heterocycles. The Morgan fingerprint density at radius 3 is 2.77 bits per heavy atom. The molecule has 0 saturated heterocycles. The van der Waals surface area contributed by atoms with Gasteiger partial charge in [0.15, 0.2) is 0 Å². The van der Waals surface area contributed by atoms with Crippen molar-refractivity contribution in [3.8, 4) is 0 Å². The van der Waals surface area contributed by atoms with Crippen molar-refractivity contribution >= 4 is 21.8 Å². The van der Waals surface area contributed by atoms with Crippen LogP contribution < -0.4 is 5.32 Å². The van der Waals surface area contributed by atoms with Crippen molar-refractivity contribution in [3.05, 3.63) is 33.8 Å². The van der Waals surface area contributed by atoms with Gasteiger partial charge in [-0.15, -0.1) is 0 Å². The first-order valence-electron chi connectivity index (χ1n) is 4.19. The molecular weight excluding hydrogens is 230 g/mol. The lowest BCUT2D eigenvalue weighted by Gasteiger charge is -2.05. The molecule has 0 spiro atoms. The van der Waals surface area contributed by atoms with Crippen molar-refractivity contribution in [2.45, 2.75) is 13.8 Å². The van der Waals surface area contributed by atoms with E-state index in [1.54, 1.807) is 0 Å². The van der Waals surface area contributed by atoms with Gasteiger partial charge in [0.2, 0.25) is 0 Å². The Hall–Kier alpha value is -0.830. The Morgan fingerprint density at radius 2 is 2.23 bits per heavy atom. The second kappa shape index (κ2) is 4.42. The minimum Gasteiger partial charge on any atom is -0.352 e. The number of rotatable bonds is 2. The van der Waals surface area contributed by atoms with Crippen molar-refractivity contribution < 1.29 is 4.79 Å². The van der Waals surface area contributed by atoms with Gasteiger partial charge >= 0.3 is 0 Å². The van der Waals surface area contributed by atoms with Gasteiger partial charge in [-0.2, -0.15) is 0 Å². The normalized spacial score (nSPS) is 9.77. The number of benzene rings is 1. The second-order valence-corrected chi connectivity index (χ2v) is 3.73. The van der Waals surface area contributed by atoms with Gasteiger partial charge < -0.3 is 5.32 Å². The number of hydrogen-bond acceptors (Lipinski definition) is 1. The predicted molar refractivity (Wildman–Crippen MR) is 56.9 cm³/mol. The minimum atomic E-state index is -0.00694. The number of carbonyl (C=O) groups is 1. The van der Waals surface area contributed by atoms with Gasteiger partial charge in [0, 0.05) is 16.6 Å². The van der Waals surface area contributed by atoms with E-state index in [0.29, 0.717) is 6.54 Å². The molecule has 0 unspecified atom stereocenters. The quantitative estimate of drug-likeness (QED) is 0.848. The highest BCUT2D eigenvalue weighted by Crippen LogP contribution is 2.15. The Balaban J connectivity index is 2.95. The molecule has 1 amide bonds. The van der Waals surface area contributed by atoms with E-state index in [0.717, 1.165) is 15.6 Å². The molecule has 0 aliphatic carbocycles. The summed E-state index contributed by atoms with van der Waals surface area (Å²) in [6.45, 7) is 4.50. The number of carbonyl (C=O) groups excluding carboxylic acids is 1. The van der Waals surface area contributed by atoms with Crippen molar-refractivity contribution in [3.63, 3.8) is 0 Å². The van der Waals surface area contributed by atoms with Crippen LogP contribution in [-0.4, -0.2) is 12.5 Å². The van der Waals surface area contributed by atoms with E-state index >= 15 is 0 Å². The Labute approximate surface area is 86.5 Å². The summed E-state index contributed by atoms with van der Waals surface area (Å²) in [4.78, 5) is 11.5. The van der Waals surface area contributed by atoms with Crippen molar-refractivity contribution in [2.75, 3.05) is 6.54 Å². The van der Waals surface area contributed by atoms with Crippen LogP contribution in [0.1, 0.15) is 22.8 Å². The summed E-state index contributed by atoms with van der Waals surface area (Å²) in [7, 11) is 0. The minimum absolute atomic E-state index is 0.00694. The fourth-order valence-corrected chi connectivity index (χ4v) is 1.61. The van der Waals surface area contributed by atoms with E-state index in [1.807, 2.05) is 32.0 Å². The molecule has 0 aliphatic heterocycles. The molecule has 1 aromatic rings. The number of aryl methyl sites for hydroxylation is 1. The highest BCUT2D eigenvalue weighted by Gasteiger charge is 2.06. The van der Waals surface area contributed by atoms with E-state index in [2.05, 4.69) is 21.2 Å². The zero-order chi connectivity index (χ0) is 9.84. The summed E-state index contributed by atoms with van der Waals surface area (Å²) in [6.07, 6.45) is 0. The molecule has 0 saturated carbocycles. The molecule has 0 aromatic heterocycles. The Morgan fingerprint density at radius 1 is 1.54 bits per heavy atom. The third-order valence-corrected chi connectivity index (χ3v) is 2.26. The maximum absolute atomic E-state index is 11.5. The first-order valence-corrected chi connectivity index (χ1v) is 4.98. The molecule has 0 bridgehead atoms. The number of hydrogen-bond donors (Lipinski definition) is 1. The third-order valence-electron chi connectivity index (χ3n) is 1.77. The lowest BCUT2D eigenvalue weighted by Crippen LogP contribution is -2.23. The molecule has 70 valence electrons. The van der Waals surface area contributed by atoms with Crippen LogP contribution in [0.4, 0.5) is 0 Å². The molecule has 0 fully saturated rings. The van der Waals surface area contributed by atoms with Gasteiger partial charge in [0.05, 0.1) is 0 Å². The summed E-state index contributed by atoms with van der Waals surface area (Å²) in [5.41, 5.74) is 1.73. The van der Waals surface area contributed by atoms with Gasteiger partial charge in [-0.25, -0.2) is 0 Å². The molecular formula is C10H12BrNO. The zero-order valence-corrected chi connectivity index (χ0v) is 9.31. The van der Waals surface area contributed by atoms with Gasteiger partial charge in [0.25, 0.3) is 5.91 Å². The van der Waals surface area contributed by atoms with E-state index in [4.69, 9.17) is 0 Å². The van der Waals surface area contributed by atoms with Crippen molar-refractivity contribution in [1.82, 2.24) is 5.32 Å². The summed E-state index contributed by atoms with van der Waals surface area (Å²) in [5.74, 6) is -0.00694. The van der Waals surface area contributed by atoms with Gasteiger partial charge in [-0.1, -0.05) is 15.9 Å². The molecule has 0 aliphatic rings. The number of nitrogens with one attached hydrogen (secondary N) is 1. The molecule has 1 rings (SSSR count). The summed E-state index contributed by atoms with van der Waals surface area (Å²) >= 11 is 3.35. The number of halogens is 1. The van der Waals surface area contributed by atoms with Crippen LogP contribution in [0.25, 0.3) is 0 Å². The van der Waals surface area contributed by atoms with Crippen LogP contribution in [0, 0.1) is 6.92 Å². The molecule has 1 N–H and O–H groups in total. The second-order valence-electron chi connectivity index (χ2n) is 2.82. The molecule has 1 aromatic carbocycles. The van der Waals surface area contributed by atoms with Crippen LogP contribution >= 0.6 is 15.9 Å². The van der Waals surface area contributed by atoms with Crippen LogP contribution in [0.3, 0.4) is 0 Å². The van der Waals surface area contributed by atoms with E-state index in [1.165, 1.54) is 0 Å². The molecule has 0 radical (unpaired) electrons. The zero-order valence-electron chi connectivity index (χ0n) is 7.73. The highest BCUT2D eigenvalue weighted by molar-refractivity contribution is 9.10. The molecule has 2 nitrogen and oxygen atoms in total.